The quantitative estimate of drug-likeness (QED) is 0.407. The Kier molecular flexibility index (Phi) is 5.54. The highest BCUT2D eigenvalue weighted by molar-refractivity contribution is 5.94. The van der Waals surface area contributed by atoms with Gasteiger partial charge >= 0.3 is 11.9 Å². The third-order valence-electron chi connectivity index (χ3n) is 1.47. The SMILES string of the molecule is NCCCC/C(=C/C(=O)O)C(=O)O. The molecule has 0 spiro atoms. The van der Waals surface area contributed by atoms with E-state index >= 15 is 0 Å². The summed E-state index contributed by atoms with van der Waals surface area (Å²) in [6.07, 6.45) is 2.27. The van der Waals surface area contributed by atoms with Crippen LogP contribution in [-0.2, 0) is 9.59 Å². The van der Waals surface area contributed by atoms with E-state index in [0.29, 0.717) is 19.4 Å². The highest BCUT2D eigenvalue weighted by Gasteiger charge is 2.08. The number of unbranched alkanes of at least 4 members (excludes halogenated alkanes) is 1. The Hall–Kier alpha value is -1.36. The van der Waals surface area contributed by atoms with Gasteiger partial charge in [-0.15, -0.1) is 0 Å². The summed E-state index contributed by atoms with van der Waals surface area (Å²) in [6.45, 7) is 0.486. The van der Waals surface area contributed by atoms with Crippen molar-refractivity contribution in [2.45, 2.75) is 19.3 Å². The van der Waals surface area contributed by atoms with Gasteiger partial charge in [0.05, 0.1) is 0 Å². The predicted octanol–water partition coefficient (Wildman–Crippen LogP) is 0.211. The molecule has 0 aliphatic heterocycles. The minimum absolute atomic E-state index is 0.0825. The van der Waals surface area contributed by atoms with Gasteiger partial charge in [0.25, 0.3) is 0 Å². The van der Waals surface area contributed by atoms with Crippen molar-refractivity contribution in [3.8, 4) is 0 Å². The third-order valence-corrected chi connectivity index (χ3v) is 1.47. The van der Waals surface area contributed by atoms with Crippen LogP contribution in [0, 0.1) is 0 Å². The Balaban J connectivity index is 4.11. The van der Waals surface area contributed by atoms with Gasteiger partial charge in [0.1, 0.15) is 0 Å². The van der Waals surface area contributed by atoms with Crippen LogP contribution in [0.25, 0.3) is 0 Å². The van der Waals surface area contributed by atoms with Crippen LogP contribution in [0.5, 0.6) is 0 Å². The molecule has 0 fully saturated rings. The molecular formula is C8H13NO4. The van der Waals surface area contributed by atoms with E-state index in [1.54, 1.807) is 0 Å². The molecule has 0 rings (SSSR count). The molecule has 0 saturated carbocycles. The summed E-state index contributed by atoms with van der Waals surface area (Å²) in [4.78, 5) is 20.6. The summed E-state index contributed by atoms with van der Waals surface area (Å²) in [5.41, 5.74) is 5.13. The lowest BCUT2D eigenvalue weighted by Gasteiger charge is -1.99. The Morgan fingerprint density at radius 2 is 1.85 bits per heavy atom. The summed E-state index contributed by atoms with van der Waals surface area (Å²) in [6, 6.07) is 0. The van der Waals surface area contributed by atoms with Gasteiger partial charge in [0, 0.05) is 11.6 Å². The van der Waals surface area contributed by atoms with Crippen molar-refractivity contribution in [3.63, 3.8) is 0 Å². The lowest BCUT2D eigenvalue weighted by Crippen LogP contribution is -2.05. The van der Waals surface area contributed by atoms with Crippen molar-refractivity contribution in [1.82, 2.24) is 0 Å². The Morgan fingerprint density at radius 3 is 2.23 bits per heavy atom. The normalized spacial score (nSPS) is 11.3. The number of aliphatic carboxylic acids is 2. The highest BCUT2D eigenvalue weighted by atomic mass is 16.4. The first-order chi connectivity index (χ1) is 6.07. The summed E-state index contributed by atoms with van der Waals surface area (Å²) in [5, 5.41) is 16.9. The fourth-order valence-corrected chi connectivity index (χ4v) is 0.850. The van der Waals surface area contributed by atoms with E-state index in [2.05, 4.69) is 0 Å². The molecule has 0 aromatic heterocycles. The van der Waals surface area contributed by atoms with Crippen LogP contribution >= 0.6 is 0 Å². The molecule has 0 aliphatic rings. The average Bonchev–Trinajstić information content (AvgIpc) is 2.02. The number of rotatable bonds is 6. The Morgan fingerprint density at radius 1 is 1.23 bits per heavy atom. The number of nitrogens with two attached hydrogens (primary N) is 1. The average molecular weight is 187 g/mol. The molecule has 4 N–H and O–H groups in total. The zero-order chi connectivity index (χ0) is 10.3. The van der Waals surface area contributed by atoms with Crippen molar-refractivity contribution < 1.29 is 19.8 Å². The van der Waals surface area contributed by atoms with Gasteiger partial charge < -0.3 is 15.9 Å². The van der Waals surface area contributed by atoms with E-state index in [9.17, 15) is 9.59 Å². The number of carboxylic acid groups (broad SMARTS) is 2. The maximum Gasteiger partial charge on any atom is 0.331 e. The minimum Gasteiger partial charge on any atom is -0.478 e. The maximum absolute atomic E-state index is 10.5. The maximum atomic E-state index is 10.5. The molecule has 74 valence electrons. The van der Waals surface area contributed by atoms with Crippen LogP contribution in [0.15, 0.2) is 11.6 Å². The summed E-state index contributed by atoms with van der Waals surface area (Å²) < 4.78 is 0. The topological polar surface area (TPSA) is 101 Å². The second kappa shape index (κ2) is 6.19. The summed E-state index contributed by atoms with van der Waals surface area (Å²) in [5.74, 6) is -2.41. The molecule has 0 amide bonds. The van der Waals surface area contributed by atoms with Crippen LogP contribution in [0.4, 0.5) is 0 Å². The van der Waals surface area contributed by atoms with E-state index in [0.717, 1.165) is 6.08 Å². The molecule has 0 saturated heterocycles. The van der Waals surface area contributed by atoms with E-state index in [1.807, 2.05) is 0 Å². The van der Waals surface area contributed by atoms with Crippen LogP contribution in [0.3, 0.4) is 0 Å². The zero-order valence-corrected chi connectivity index (χ0v) is 7.19. The van der Waals surface area contributed by atoms with Gasteiger partial charge in [-0.05, 0) is 25.8 Å². The van der Waals surface area contributed by atoms with Crippen LogP contribution in [0.1, 0.15) is 19.3 Å². The second-order valence-corrected chi connectivity index (χ2v) is 2.56. The van der Waals surface area contributed by atoms with Crippen LogP contribution in [0.2, 0.25) is 0 Å². The molecule has 5 nitrogen and oxygen atoms in total. The number of carbonyl (C=O) groups is 2. The molecule has 0 radical (unpaired) electrons. The van der Waals surface area contributed by atoms with E-state index in [-0.39, 0.29) is 12.0 Å². The molecule has 5 heteroatoms. The predicted molar refractivity (Wildman–Crippen MR) is 46.3 cm³/mol. The zero-order valence-electron chi connectivity index (χ0n) is 7.19. The standard InChI is InChI=1S/C8H13NO4/c9-4-2-1-3-6(8(12)13)5-7(10)11/h5H,1-4,9H2,(H,10,11)(H,12,13)/b6-5-. The van der Waals surface area contributed by atoms with E-state index in [1.165, 1.54) is 0 Å². The fraction of sp³-hybridized carbons (Fsp3) is 0.500. The minimum atomic E-state index is -1.23. The second-order valence-electron chi connectivity index (χ2n) is 2.56. The Labute approximate surface area is 75.9 Å². The summed E-state index contributed by atoms with van der Waals surface area (Å²) >= 11 is 0. The first kappa shape index (κ1) is 11.6. The first-order valence-corrected chi connectivity index (χ1v) is 3.94. The fourth-order valence-electron chi connectivity index (χ4n) is 0.850. The van der Waals surface area contributed by atoms with E-state index in [4.69, 9.17) is 15.9 Å². The largest absolute Gasteiger partial charge is 0.478 e. The van der Waals surface area contributed by atoms with Gasteiger partial charge in [-0.25, -0.2) is 9.59 Å². The van der Waals surface area contributed by atoms with Gasteiger partial charge in [-0.1, -0.05) is 0 Å². The summed E-state index contributed by atoms with van der Waals surface area (Å²) in [7, 11) is 0. The molecule has 13 heavy (non-hydrogen) atoms. The molecule has 0 heterocycles. The van der Waals surface area contributed by atoms with Gasteiger partial charge in [0.2, 0.25) is 0 Å². The van der Waals surface area contributed by atoms with Crippen molar-refractivity contribution in [1.29, 1.82) is 0 Å². The van der Waals surface area contributed by atoms with Gasteiger partial charge in [0.15, 0.2) is 0 Å². The molecule has 0 atom stereocenters. The van der Waals surface area contributed by atoms with Gasteiger partial charge in [-0.2, -0.15) is 0 Å². The molecule has 0 bridgehead atoms. The van der Waals surface area contributed by atoms with Gasteiger partial charge in [-0.3, -0.25) is 0 Å². The van der Waals surface area contributed by atoms with Crippen molar-refractivity contribution in [2.24, 2.45) is 5.73 Å². The van der Waals surface area contributed by atoms with Crippen molar-refractivity contribution in [2.75, 3.05) is 6.54 Å². The Bertz CT molecular complexity index is 222. The molecule has 0 aliphatic carbocycles. The van der Waals surface area contributed by atoms with Crippen molar-refractivity contribution in [3.05, 3.63) is 11.6 Å². The molecule has 0 unspecified atom stereocenters. The molecular weight excluding hydrogens is 174 g/mol. The molecule has 0 aromatic rings. The van der Waals surface area contributed by atoms with E-state index < -0.39 is 11.9 Å². The van der Waals surface area contributed by atoms with Crippen molar-refractivity contribution >= 4 is 11.9 Å². The number of hydrogen-bond donors (Lipinski definition) is 3. The van der Waals surface area contributed by atoms with Crippen LogP contribution in [-0.4, -0.2) is 28.7 Å². The lowest BCUT2D eigenvalue weighted by atomic mass is 10.1. The number of hydrogen-bond acceptors (Lipinski definition) is 3. The highest BCUT2D eigenvalue weighted by Crippen LogP contribution is 2.06. The third kappa shape index (κ3) is 5.86. The smallest absolute Gasteiger partial charge is 0.331 e. The molecule has 0 aromatic carbocycles. The number of carboxylic acids is 2. The van der Waals surface area contributed by atoms with Crippen LogP contribution < -0.4 is 5.73 Å². The first-order valence-electron chi connectivity index (χ1n) is 3.94. The lowest BCUT2D eigenvalue weighted by molar-refractivity contribution is -0.135. The monoisotopic (exact) mass is 187 g/mol.